The molecule has 140 valence electrons. The average Bonchev–Trinajstić information content (AvgIpc) is 3.06. The second kappa shape index (κ2) is 8.57. The summed E-state index contributed by atoms with van der Waals surface area (Å²) in [5.41, 5.74) is 1.36. The topological polar surface area (TPSA) is 88.3 Å². The summed E-state index contributed by atoms with van der Waals surface area (Å²) in [6, 6.07) is 3.82. The molecule has 0 aromatic carbocycles. The maximum Gasteiger partial charge on any atom is 0.256 e. The quantitative estimate of drug-likeness (QED) is 0.751. The van der Waals surface area contributed by atoms with Gasteiger partial charge in [0, 0.05) is 36.1 Å². The molecule has 6 nitrogen and oxygen atoms in total. The summed E-state index contributed by atoms with van der Waals surface area (Å²) in [5, 5.41) is 20.0. The maximum atomic E-state index is 9.69. The number of aliphatic hydroxyl groups excluding tert-OH is 1. The van der Waals surface area contributed by atoms with Gasteiger partial charge < -0.3 is 14.6 Å². The number of aromatic nitrogens is 2. The van der Waals surface area contributed by atoms with E-state index in [-0.39, 0.29) is 12.2 Å². The summed E-state index contributed by atoms with van der Waals surface area (Å²) in [6.45, 7) is 0. The zero-order valence-electron chi connectivity index (χ0n) is 14.5. The van der Waals surface area contributed by atoms with Gasteiger partial charge in [-0.2, -0.15) is 5.26 Å². The minimum atomic E-state index is -0.359. The predicted molar refractivity (Wildman–Crippen MR) is 103 cm³/mol. The van der Waals surface area contributed by atoms with Crippen molar-refractivity contribution in [3.05, 3.63) is 45.8 Å². The van der Waals surface area contributed by atoms with Crippen molar-refractivity contribution in [2.24, 2.45) is 0 Å². The Morgan fingerprint density at radius 3 is 2.63 bits per heavy atom. The molecule has 1 saturated carbocycles. The Morgan fingerprint density at radius 2 is 2.04 bits per heavy atom. The molecule has 1 N–H and O–H groups in total. The number of nitriles is 1. The van der Waals surface area contributed by atoms with E-state index < -0.39 is 0 Å². The average molecular weight is 406 g/mol. The molecule has 0 bridgehead atoms. The lowest BCUT2D eigenvalue weighted by Crippen LogP contribution is -2.14. The molecule has 0 radical (unpaired) electrons. The number of hydrogen-bond donors (Lipinski definition) is 1. The molecular weight excluding hydrogens is 389 g/mol. The summed E-state index contributed by atoms with van der Waals surface area (Å²) in [4.78, 5) is 8.14. The molecule has 2 aromatic rings. The molecule has 0 aliphatic heterocycles. The molecule has 2 unspecified atom stereocenters. The molecule has 1 fully saturated rings. The van der Waals surface area contributed by atoms with Crippen LogP contribution in [0.5, 0.6) is 11.6 Å². The largest absolute Gasteiger partial charge is 0.485 e. The zero-order valence-corrected chi connectivity index (χ0v) is 16.0. The van der Waals surface area contributed by atoms with Crippen LogP contribution >= 0.6 is 23.2 Å². The maximum absolute atomic E-state index is 9.69. The minimum absolute atomic E-state index is 0.121. The first-order valence-corrected chi connectivity index (χ1v) is 9.07. The Kier molecular flexibility index (Phi) is 6.17. The number of allylic oxidation sites excluding steroid dienone is 1. The van der Waals surface area contributed by atoms with Crippen molar-refractivity contribution >= 4 is 34.9 Å². The Morgan fingerprint density at radius 1 is 1.30 bits per heavy atom. The molecule has 2 aromatic heterocycles. The van der Waals surface area contributed by atoms with Crippen molar-refractivity contribution in [1.29, 1.82) is 5.26 Å². The molecule has 1 aliphatic carbocycles. The Labute approximate surface area is 167 Å². The van der Waals surface area contributed by atoms with E-state index in [1.165, 1.54) is 25.7 Å². The highest BCUT2D eigenvalue weighted by atomic mass is 35.5. The molecule has 0 amide bonds. The van der Waals surface area contributed by atoms with E-state index in [4.69, 9.17) is 32.7 Å². The number of hydrogen-bond acceptors (Lipinski definition) is 6. The van der Waals surface area contributed by atoms with E-state index in [1.54, 1.807) is 12.1 Å². The molecule has 0 saturated heterocycles. The minimum Gasteiger partial charge on any atom is -0.485 e. The van der Waals surface area contributed by atoms with Gasteiger partial charge in [0.15, 0.2) is 5.75 Å². The smallest absolute Gasteiger partial charge is 0.256 e. The van der Waals surface area contributed by atoms with Gasteiger partial charge in [0.25, 0.3) is 5.88 Å². The van der Waals surface area contributed by atoms with Crippen LogP contribution in [0.3, 0.4) is 0 Å². The van der Waals surface area contributed by atoms with Crippen LogP contribution in [0.4, 0.5) is 0 Å². The lowest BCUT2D eigenvalue weighted by atomic mass is 10.1. The summed E-state index contributed by atoms with van der Waals surface area (Å²) in [7, 11) is 1.50. The van der Waals surface area contributed by atoms with Crippen molar-refractivity contribution in [3.8, 4) is 17.7 Å². The van der Waals surface area contributed by atoms with E-state index in [0.29, 0.717) is 51.2 Å². The molecule has 27 heavy (non-hydrogen) atoms. The first-order chi connectivity index (χ1) is 13.0. The van der Waals surface area contributed by atoms with Crippen LogP contribution in [0.15, 0.2) is 24.7 Å². The Hall–Kier alpha value is -2.33. The van der Waals surface area contributed by atoms with E-state index >= 15 is 0 Å². The fourth-order valence-corrected chi connectivity index (χ4v) is 3.38. The molecular formula is C19H17Cl2N3O3. The van der Waals surface area contributed by atoms with Crippen molar-refractivity contribution in [3.63, 3.8) is 0 Å². The summed E-state index contributed by atoms with van der Waals surface area (Å²) < 4.78 is 11.2. The second-order valence-corrected chi connectivity index (χ2v) is 6.94. The highest BCUT2D eigenvalue weighted by Gasteiger charge is 2.25. The normalized spacial score (nSPS) is 19.6. The van der Waals surface area contributed by atoms with Gasteiger partial charge in [-0.1, -0.05) is 23.2 Å². The third-order valence-electron chi connectivity index (χ3n) is 4.27. The number of rotatable bonds is 5. The first kappa shape index (κ1) is 19.4. The number of halogens is 2. The van der Waals surface area contributed by atoms with E-state index in [1.807, 2.05) is 0 Å². The fraction of sp³-hybridized carbons (Fsp3) is 0.316. The summed E-state index contributed by atoms with van der Waals surface area (Å²) in [5.74, 6) is 0.736. The second-order valence-electron chi connectivity index (χ2n) is 6.12. The third-order valence-corrected chi connectivity index (χ3v) is 4.87. The van der Waals surface area contributed by atoms with Gasteiger partial charge in [0.1, 0.15) is 6.10 Å². The molecule has 2 atom stereocenters. The molecule has 8 heteroatoms. The van der Waals surface area contributed by atoms with Crippen molar-refractivity contribution in [2.45, 2.75) is 31.5 Å². The summed E-state index contributed by atoms with van der Waals surface area (Å²) in [6.07, 6.45) is 7.54. The lowest BCUT2D eigenvalue weighted by Gasteiger charge is -2.16. The number of nitrogens with zero attached hydrogens (tertiary/aromatic N) is 3. The van der Waals surface area contributed by atoms with Crippen LogP contribution in [-0.4, -0.2) is 34.4 Å². The monoisotopic (exact) mass is 405 g/mol. The Bertz CT molecular complexity index is 891. The standard InChI is InChI=1S/C19H17Cl2N3O3/c1-26-19-18(27-14-3-2-13(25)6-14)5-12(8-24-19)11(7-22)4-15-16(20)9-23-10-17(15)21/h4-5,8-10,13-14,25H,2-3,6H2,1H3/b11-4+. The fourth-order valence-electron chi connectivity index (χ4n) is 2.90. The highest BCUT2D eigenvalue weighted by Crippen LogP contribution is 2.34. The molecule has 3 rings (SSSR count). The van der Waals surface area contributed by atoms with Crippen LogP contribution in [-0.2, 0) is 0 Å². The van der Waals surface area contributed by atoms with Crippen LogP contribution in [0.25, 0.3) is 11.6 Å². The Balaban J connectivity index is 1.96. The van der Waals surface area contributed by atoms with Gasteiger partial charge in [-0.3, -0.25) is 4.98 Å². The van der Waals surface area contributed by atoms with Gasteiger partial charge in [-0.25, -0.2) is 4.98 Å². The number of pyridine rings is 2. The van der Waals surface area contributed by atoms with Crippen LogP contribution in [0.2, 0.25) is 10.0 Å². The van der Waals surface area contributed by atoms with Gasteiger partial charge in [-0.15, -0.1) is 0 Å². The lowest BCUT2D eigenvalue weighted by molar-refractivity contribution is 0.146. The zero-order chi connectivity index (χ0) is 19.4. The predicted octanol–water partition coefficient (Wildman–Crippen LogP) is 4.15. The van der Waals surface area contributed by atoms with Gasteiger partial charge in [-0.05, 0) is 25.0 Å². The number of methoxy groups -OCH3 is 1. The summed E-state index contributed by atoms with van der Waals surface area (Å²) >= 11 is 12.3. The van der Waals surface area contributed by atoms with Crippen LogP contribution in [0, 0.1) is 11.3 Å². The van der Waals surface area contributed by atoms with Crippen molar-refractivity contribution < 1.29 is 14.6 Å². The van der Waals surface area contributed by atoms with Crippen molar-refractivity contribution in [2.75, 3.05) is 7.11 Å². The molecule has 0 spiro atoms. The third kappa shape index (κ3) is 4.51. The van der Waals surface area contributed by atoms with E-state index in [0.717, 1.165) is 6.42 Å². The molecule has 2 heterocycles. The van der Waals surface area contributed by atoms with Gasteiger partial charge in [0.05, 0.1) is 34.9 Å². The number of ether oxygens (including phenoxy) is 2. The van der Waals surface area contributed by atoms with E-state index in [2.05, 4.69) is 16.0 Å². The highest BCUT2D eigenvalue weighted by molar-refractivity contribution is 6.37. The van der Waals surface area contributed by atoms with Crippen LogP contribution in [0.1, 0.15) is 30.4 Å². The number of aliphatic hydroxyl groups is 1. The van der Waals surface area contributed by atoms with Gasteiger partial charge >= 0.3 is 0 Å². The van der Waals surface area contributed by atoms with Crippen LogP contribution < -0.4 is 9.47 Å². The van der Waals surface area contributed by atoms with Gasteiger partial charge in [0.2, 0.25) is 0 Å². The van der Waals surface area contributed by atoms with Crippen molar-refractivity contribution in [1.82, 2.24) is 9.97 Å². The van der Waals surface area contributed by atoms with E-state index in [9.17, 15) is 10.4 Å². The first-order valence-electron chi connectivity index (χ1n) is 8.31. The molecule has 1 aliphatic rings. The SMILES string of the molecule is COc1ncc(/C(C#N)=C/c2c(Cl)cncc2Cl)cc1OC1CCC(O)C1.